The third-order valence-electron chi connectivity index (χ3n) is 4.78. The van der Waals surface area contributed by atoms with Gasteiger partial charge in [0.1, 0.15) is 5.60 Å². The Hall–Kier alpha value is -2.21. The SMILES string of the molecule is C[C@@H](c1ccc(C(N)=O)c2[nH]ccc12)C1CN(C(=O)OC(C)(C)C)C1.Cl. The summed E-state index contributed by atoms with van der Waals surface area (Å²) in [5.41, 5.74) is 7.41. The van der Waals surface area contributed by atoms with Gasteiger partial charge in [-0.3, -0.25) is 4.79 Å². The second kappa shape index (κ2) is 7.19. The fourth-order valence-corrected chi connectivity index (χ4v) is 3.34. The minimum Gasteiger partial charge on any atom is -0.444 e. The maximum atomic E-state index is 12.1. The lowest BCUT2D eigenvalue weighted by Crippen LogP contribution is -2.53. The molecule has 1 fully saturated rings. The van der Waals surface area contributed by atoms with Gasteiger partial charge in [-0.25, -0.2) is 4.79 Å². The number of fused-ring (bicyclic) bond motifs is 1. The molecule has 0 saturated carbocycles. The minimum absolute atomic E-state index is 0. The Morgan fingerprint density at radius 3 is 2.50 bits per heavy atom. The zero-order valence-electron chi connectivity index (χ0n) is 15.5. The summed E-state index contributed by atoms with van der Waals surface area (Å²) in [4.78, 5) is 28.5. The van der Waals surface area contributed by atoms with Crippen molar-refractivity contribution in [2.75, 3.05) is 13.1 Å². The number of hydrogen-bond donors (Lipinski definition) is 2. The second-order valence-corrected chi connectivity index (χ2v) is 7.77. The Labute approximate surface area is 159 Å². The molecule has 2 heterocycles. The van der Waals surface area contributed by atoms with Crippen LogP contribution in [0.4, 0.5) is 4.79 Å². The standard InChI is InChI=1S/C19H25N3O3.ClH/c1-11(12-9-22(10-12)18(24)25-19(2,3)4)13-5-6-15(17(20)23)16-14(13)7-8-21-16;/h5-8,11-12,21H,9-10H2,1-4H3,(H2,20,23);1H/t11-;/m1./s1. The van der Waals surface area contributed by atoms with E-state index in [4.69, 9.17) is 10.5 Å². The lowest BCUT2D eigenvalue weighted by Gasteiger charge is -2.43. The average Bonchev–Trinajstić information content (AvgIpc) is 2.91. The number of carbonyl (C=O) groups excluding carboxylic acids is 2. The van der Waals surface area contributed by atoms with Crippen LogP contribution < -0.4 is 5.73 Å². The zero-order chi connectivity index (χ0) is 18.4. The molecule has 3 rings (SSSR count). The average molecular weight is 380 g/mol. The fourth-order valence-electron chi connectivity index (χ4n) is 3.34. The Kier molecular flexibility index (Phi) is 5.56. The summed E-state index contributed by atoms with van der Waals surface area (Å²) >= 11 is 0. The summed E-state index contributed by atoms with van der Waals surface area (Å²) in [5, 5.41) is 1.01. The van der Waals surface area contributed by atoms with Gasteiger partial charge in [0, 0.05) is 30.6 Å². The molecule has 0 aliphatic carbocycles. The number of halogens is 1. The molecule has 142 valence electrons. The smallest absolute Gasteiger partial charge is 0.410 e. The van der Waals surface area contributed by atoms with E-state index < -0.39 is 11.5 Å². The quantitative estimate of drug-likeness (QED) is 0.852. The maximum Gasteiger partial charge on any atom is 0.410 e. The van der Waals surface area contributed by atoms with Crippen LogP contribution in [0.15, 0.2) is 24.4 Å². The van der Waals surface area contributed by atoms with Crippen LogP contribution in [0.2, 0.25) is 0 Å². The van der Waals surface area contributed by atoms with Crippen LogP contribution >= 0.6 is 12.4 Å². The highest BCUT2D eigenvalue weighted by molar-refractivity contribution is 6.05. The van der Waals surface area contributed by atoms with E-state index in [1.165, 1.54) is 0 Å². The number of likely N-dealkylation sites (tertiary alicyclic amines) is 1. The number of rotatable bonds is 3. The Balaban J connectivity index is 0.00000243. The molecule has 2 aromatic rings. The van der Waals surface area contributed by atoms with E-state index in [2.05, 4.69) is 11.9 Å². The molecule has 2 amide bonds. The van der Waals surface area contributed by atoms with Crippen molar-refractivity contribution in [1.29, 1.82) is 0 Å². The van der Waals surface area contributed by atoms with Gasteiger partial charge < -0.3 is 20.4 Å². The third-order valence-corrected chi connectivity index (χ3v) is 4.78. The molecule has 0 spiro atoms. The summed E-state index contributed by atoms with van der Waals surface area (Å²) < 4.78 is 5.41. The number of aromatic amines is 1. The van der Waals surface area contributed by atoms with E-state index in [1.807, 2.05) is 39.1 Å². The summed E-state index contributed by atoms with van der Waals surface area (Å²) in [5.74, 6) is 0.190. The number of nitrogens with two attached hydrogens (primary N) is 1. The first kappa shape index (κ1) is 20.1. The van der Waals surface area contributed by atoms with Crippen molar-refractivity contribution in [3.63, 3.8) is 0 Å². The number of amides is 2. The summed E-state index contributed by atoms with van der Waals surface area (Å²) in [7, 11) is 0. The number of ether oxygens (including phenoxy) is 1. The summed E-state index contributed by atoms with van der Waals surface area (Å²) in [6, 6.07) is 5.71. The van der Waals surface area contributed by atoms with Gasteiger partial charge in [0.05, 0.1) is 11.1 Å². The Morgan fingerprint density at radius 2 is 1.92 bits per heavy atom. The molecule has 1 aromatic heterocycles. The zero-order valence-corrected chi connectivity index (χ0v) is 16.4. The van der Waals surface area contributed by atoms with Crippen LogP contribution in [-0.2, 0) is 4.74 Å². The van der Waals surface area contributed by atoms with Gasteiger partial charge in [0.15, 0.2) is 0 Å². The first-order chi connectivity index (χ1) is 11.7. The van der Waals surface area contributed by atoms with Crippen LogP contribution in [0.25, 0.3) is 10.9 Å². The van der Waals surface area contributed by atoms with E-state index in [-0.39, 0.29) is 24.4 Å². The lowest BCUT2D eigenvalue weighted by molar-refractivity contribution is -0.00412. The molecule has 3 N–H and O–H groups in total. The molecule has 1 aliphatic rings. The minimum atomic E-state index is -0.477. The second-order valence-electron chi connectivity index (χ2n) is 7.77. The summed E-state index contributed by atoms with van der Waals surface area (Å²) in [6.45, 7) is 9.12. The topological polar surface area (TPSA) is 88.4 Å². The molecular formula is C19H26ClN3O3. The van der Waals surface area contributed by atoms with Gasteiger partial charge in [-0.1, -0.05) is 13.0 Å². The van der Waals surface area contributed by atoms with E-state index in [9.17, 15) is 9.59 Å². The number of aromatic nitrogens is 1. The number of hydrogen-bond acceptors (Lipinski definition) is 3. The van der Waals surface area contributed by atoms with Gasteiger partial charge in [-0.05, 0) is 44.4 Å². The highest BCUT2D eigenvalue weighted by Gasteiger charge is 2.37. The van der Waals surface area contributed by atoms with Gasteiger partial charge in [-0.2, -0.15) is 0 Å². The van der Waals surface area contributed by atoms with Gasteiger partial charge in [0.25, 0.3) is 5.91 Å². The number of primary amides is 1. The van der Waals surface area contributed by atoms with E-state index in [0.717, 1.165) is 16.5 Å². The Bertz CT molecular complexity index is 819. The predicted octanol–water partition coefficient (Wildman–Crippen LogP) is 3.66. The van der Waals surface area contributed by atoms with Gasteiger partial charge in [0.2, 0.25) is 0 Å². The van der Waals surface area contributed by atoms with Crippen molar-refractivity contribution in [2.24, 2.45) is 11.7 Å². The van der Waals surface area contributed by atoms with Crippen LogP contribution in [0.1, 0.15) is 49.5 Å². The molecule has 1 aliphatic heterocycles. The highest BCUT2D eigenvalue weighted by Crippen LogP contribution is 2.36. The third kappa shape index (κ3) is 3.80. The summed E-state index contributed by atoms with van der Waals surface area (Å²) in [6.07, 6.45) is 1.56. The largest absolute Gasteiger partial charge is 0.444 e. The predicted molar refractivity (Wildman–Crippen MR) is 104 cm³/mol. The van der Waals surface area contributed by atoms with E-state index in [1.54, 1.807) is 11.0 Å². The van der Waals surface area contributed by atoms with Crippen LogP contribution in [0.5, 0.6) is 0 Å². The van der Waals surface area contributed by atoms with Crippen molar-refractivity contribution in [3.05, 3.63) is 35.5 Å². The number of H-pyrrole nitrogens is 1. The fraction of sp³-hybridized carbons (Fsp3) is 0.474. The van der Waals surface area contributed by atoms with Crippen molar-refractivity contribution in [3.8, 4) is 0 Å². The molecular weight excluding hydrogens is 354 g/mol. The number of nitrogens with zero attached hydrogens (tertiary/aromatic N) is 1. The molecule has 26 heavy (non-hydrogen) atoms. The normalized spacial score (nSPS) is 15.9. The highest BCUT2D eigenvalue weighted by atomic mass is 35.5. The van der Waals surface area contributed by atoms with Crippen molar-refractivity contribution in [2.45, 2.75) is 39.2 Å². The van der Waals surface area contributed by atoms with E-state index >= 15 is 0 Å². The van der Waals surface area contributed by atoms with Gasteiger partial charge in [-0.15, -0.1) is 12.4 Å². The van der Waals surface area contributed by atoms with Crippen molar-refractivity contribution < 1.29 is 14.3 Å². The van der Waals surface area contributed by atoms with Crippen molar-refractivity contribution in [1.82, 2.24) is 9.88 Å². The number of carbonyl (C=O) groups is 2. The number of nitrogens with one attached hydrogen (secondary N) is 1. The Morgan fingerprint density at radius 1 is 1.27 bits per heavy atom. The lowest BCUT2D eigenvalue weighted by atomic mass is 9.81. The van der Waals surface area contributed by atoms with Crippen LogP contribution in [-0.4, -0.2) is 40.6 Å². The molecule has 1 aromatic carbocycles. The maximum absolute atomic E-state index is 12.1. The number of benzene rings is 1. The van der Waals surface area contributed by atoms with E-state index in [0.29, 0.717) is 24.6 Å². The molecule has 0 radical (unpaired) electrons. The molecule has 0 unspecified atom stereocenters. The first-order valence-corrected chi connectivity index (χ1v) is 8.55. The first-order valence-electron chi connectivity index (χ1n) is 8.55. The molecule has 6 nitrogen and oxygen atoms in total. The van der Waals surface area contributed by atoms with Crippen LogP contribution in [0.3, 0.4) is 0 Å². The molecule has 0 bridgehead atoms. The molecule has 1 atom stereocenters. The molecule has 1 saturated heterocycles. The monoisotopic (exact) mass is 379 g/mol. The van der Waals surface area contributed by atoms with Crippen LogP contribution in [0, 0.1) is 5.92 Å². The van der Waals surface area contributed by atoms with Gasteiger partial charge >= 0.3 is 6.09 Å². The molecule has 7 heteroatoms. The van der Waals surface area contributed by atoms with Crippen molar-refractivity contribution >= 4 is 35.3 Å².